The van der Waals surface area contributed by atoms with Gasteiger partial charge in [0, 0.05) is 150 Å². The fraction of sp³-hybridized carbons (Fsp3) is 0.547. The Hall–Kier alpha value is -7.21. The third-order valence-electron chi connectivity index (χ3n) is 17.5. The summed E-state index contributed by atoms with van der Waals surface area (Å²) in [5.74, 6) is -6.62. The van der Waals surface area contributed by atoms with E-state index in [1.54, 1.807) is 59.2 Å². The molecule has 2 aromatic heterocycles. The van der Waals surface area contributed by atoms with Crippen molar-refractivity contribution in [1.82, 2.24) is 29.2 Å². The van der Waals surface area contributed by atoms with Crippen molar-refractivity contribution in [3.05, 3.63) is 88.3 Å². The Labute approximate surface area is 501 Å². The molecule has 4 N–H and O–H groups in total. The van der Waals surface area contributed by atoms with Crippen LogP contribution < -0.4 is 25.1 Å². The van der Waals surface area contributed by atoms with Crippen LogP contribution in [0.15, 0.2) is 76.2 Å². The van der Waals surface area contributed by atoms with Gasteiger partial charge in [0.25, 0.3) is 11.7 Å². The monoisotopic (exact) mass is 1190 g/mol. The van der Waals surface area contributed by atoms with E-state index < -0.39 is 82.7 Å². The van der Waals surface area contributed by atoms with E-state index in [1.165, 1.54) is 57.2 Å². The van der Waals surface area contributed by atoms with E-state index in [4.69, 9.17) is 33.1 Å². The summed E-state index contributed by atoms with van der Waals surface area (Å²) in [7, 11) is 1.45. The van der Waals surface area contributed by atoms with Crippen LogP contribution in [0, 0.1) is 36.5 Å². The highest BCUT2D eigenvalue weighted by Gasteiger charge is 2.50. The van der Waals surface area contributed by atoms with E-state index in [2.05, 4.69) is 43.7 Å². The van der Waals surface area contributed by atoms with E-state index in [1.807, 2.05) is 12.1 Å². The van der Waals surface area contributed by atoms with Crippen LogP contribution in [0.3, 0.4) is 0 Å². The number of phenolic OH excluding ortho intramolecular Hbond substituents is 1. The van der Waals surface area contributed by atoms with Gasteiger partial charge in [0.1, 0.15) is 34.9 Å². The molecule has 22 heteroatoms. The summed E-state index contributed by atoms with van der Waals surface area (Å²) in [6, 6.07) is 3.78. The SMILES string of the molecule is CO[C@H]1/C=C/O[C@@]2(C)Oc3c(C)c(=O)c4c(O)c(c5oc6cc(N7CCN(CC(C)C)CC7)cc(OCCCCN7CCN(CC(=O)n8ccnc8)CC7)c6nc5c4c3C2=O)NC(=O)/C(C)=C\C=C\[C@H](C)[C@H](O)[C@@H](C)[C@@H](O)[C@@H](C)[C@H](OC(C)=O)[C@@H]1C. The number of esters is 1. The number of fused-ring (bicyclic) bond motifs is 2. The number of anilines is 2. The topological polar surface area (TPSA) is 261 Å². The van der Waals surface area contributed by atoms with Crippen molar-refractivity contribution in [2.45, 2.75) is 112 Å². The van der Waals surface area contributed by atoms with Crippen molar-refractivity contribution in [3.8, 4) is 17.2 Å². The molecule has 0 unspecified atom stereocenters. The van der Waals surface area contributed by atoms with Crippen LogP contribution in [0.2, 0.25) is 0 Å². The second-order valence-corrected chi connectivity index (χ2v) is 24.2. The van der Waals surface area contributed by atoms with Crippen molar-refractivity contribution >= 4 is 67.9 Å². The molecule has 2 saturated heterocycles. The fourth-order valence-corrected chi connectivity index (χ4v) is 12.3. The largest absolute Gasteiger partial charge is 0.505 e. The van der Waals surface area contributed by atoms with Gasteiger partial charge in [-0.25, -0.2) is 9.97 Å². The van der Waals surface area contributed by atoms with Gasteiger partial charge in [0.05, 0.1) is 48.7 Å². The lowest BCUT2D eigenvalue weighted by molar-refractivity contribution is -0.160. The normalized spacial score (nSPS) is 27.3. The van der Waals surface area contributed by atoms with Crippen molar-refractivity contribution in [2.24, 2.45) is 29.6 Å². The lowest BCUT2D eigenvalue weighted by Crippen LogP contribution is -2.48. The van der Waals surface area contributed by atoms with Gasteiger partial charge in [-0.15, -0.1) is 0 Å². The summed E-state index contributed by atoms with van der Waals surface area (Å²) in [6.45, 7) is 25.7. The molecule has 0 spiro atoms. The first-order valence-electron chi connectivity index (χ1n) is 30.0. The van der Waals surface area contributed by atoms with Gasteiger partial charge < -0.3 is 58.5 Å². The number of nitrogens with one attached hydrogen (secondary N) is 1. The van der Waals surface area contributed by atoms with Gasteiger partial charge in [-0.1, -0.05) is 59.8 Å². The minimum Gasteiger partial charge on any atom is -0.505 e. The minimum absolute atomic E-state index is 0.0180. The molecule has 4 aliphatic rings. The van der Waals surface area contributed by atoms with Crippen molar-refractivity contribution < 1.29 is 62.6 Å². The van der Waals surface area contributed by atoms with Gasteiger partial charge in [0.2, 0.25) is 5.91 Å². The highest BCUT2D eigenvalue weighted by molar-refractivity contribution is 6.26. The van der Waals surface area contributed by atoms with Crippen molar-refractivity contribution in [3.63, 3.8) is 0 Å². The van der Waals surface area contributed by atoms with Crippen molar-refractivity contribution in [2.75, 3.05) is 95.9 Å². The number of carbonyl (C=O) groups is 4. The smallest absolute Gasteiger partial charge is 0.312 e. The maximum Gasteiger partial charge on any atom is 0.312 e. The number of benzene rings is 3. The molecule has 0 aliphatic carbocycles. The van der Waals surface area contributed by atoms with Crippen molar-refractivity contribution in [1.29, 1.82) is 0 Å². The third kappa shape index (κ3) is 13.3. The Kier molecular flexibility index (Phi) is 19.7. The number of allylic oxidation sites excluding steroid dienone is 2. The predicted octanol–water partition coefficient (Wildman–Crippen LogP) is 7.09. The number of hydrogen-bond acceptors (Lipinski definition) is 20. The van der Waals surface area contributed by atoms with E-state index in [0.29, 0.717) is 44.3 Å². The Balaban J connectivity index is 1.13. The zero-order valence-corrected chi connectivity index (χ0v) is 51.3. The number of aromatic nitrogens is 3. The number of imidazole rings is 1. The number of aliphatic hydroxyl groups excluding tert-OH is 2. The average molecular weight is 1190 g/mol. The average Bonchev–Trinajstić information content (AvgIpc) is 1.36. The molecule has 464 valence electrons. The van der Waals surface area contributed by atoms with Gasteiger partial charge in [-0.2, -0.15) is 0 Å². The van der Waals surface area contributed by atoms with Gasteiger partial charge >= 0.3 is 11.8 Å². The number of aliphatic hydroxyl groups is 2. The molecular weight excluding hydrogens is 1100 g/mol. The summed E-state index contributed by atoms with van der Waals surface area (Å²) >= 11 is 0. The number of ether oxygens (including phenoxy) is 5. The maximum absolute atomic E-state index is 15.2. The molecule has 6 heterocycles. The second-order valence-electron chi connectivity index (χ2n) is 24.2. The minimum atomic E-state index is -2.10. The number of rotatable bonds is 13. The Morgan fingerprint density at radius 3 is 2.27 bits per heavy atom. The number of ketones is 1. The quantitative estimate of drug-likeness (QED) is 0.0301. The van der Waals surface area contributed by atoms with Gasteiger partial charge in [0.15, 0.2) is 28.1 Å². The molecule has 0 radical (unpaired) electrons. The number of carbonyl (C=O) groups excluding carboxylic acids is 4. The molecule has 9 rings (SSSR count). The first kappa shape index (κ1) is 63.3. The number of nitrogens with zero attached hydrogens (tertiary/aromatic N) is 7. The third-order valence-corrected chi connectivity index (χ3v) is 17.5. The van der Waals surface area contributed by atoms with Crippen LogP contribution in [-0.4, -0.2) is 184 Å². The second kappa shape index (κ2) is 26.8. The number of phenols is 1. The fourth-order valence-electron chi connectivity index (χ4n) is 12.3. The lowest BCUT2D eigenvalue weighted by Gasteiger charge is -2.38. The van der Waals surface area contributed by atoms with Crippen LogP contribution >= 0.6 is 0 Å². The Morgan fingerprint density at radius 2 is 1.59 bits per heavy atom. The molecule has 22 nitrogen and oxygen atoms in total. The first-order chi connectivity index (χ1) is 41.0. The zero-order valence-electron chi connectivity index (χ0n) is 51.3. The molecular formula is C64H84N8O14. The Morgan fingerprint density at radius 1 is 0.884 bits per heavy atom. The molecule has 4 aliphatic heterocycles. The highest BCUT2D eigenvalue weighted by Crippen LogP contribution is 2.49. The van der Waals surface area contributed by atoms with E-state index in [9.17, 15) is 34.5 Å². The maximum atomic E-state index is 15.2. The van der Waals surface area contributed by atoms with E-state index in [-0.39, 0.29) is 67.0 Å². The summed E-state index contributed by atoms with van der Waals surface area (Å²) in [5.41, 5.74) is 0.147. The molecule has 9 atom stereocenters. The van der Waals surface area contributed by atoms with Crippen LogP contribution in [0.4, 0.5) is 11.4 Å². The number of piperazine rings is 2. The molecule has 2 fully saturated rings. The van der Waals surface area contributed by atoms with Crippen LogP contribution in [-0.2, 0) is 23.8 Å². The van der Waals surface area contributed by atoms with Crippen LogP contribution in [0.25, 0.3) is 33.0 Å². The number of aromatic hydroxyl groups is 1. The highest BCUT2D eigenvalue weighted by atomic mass is 16.7. The van der Waals surface area contributed by atoms with Gasteiger partial charge in [-0.3, -0.25) is 38.3 Å². The van der Waals surface area contributed by atoms with Gasteiger partial charge in [-0.05, 0) is 45.2 Å². The molecule has 4 bridgehead atoms. The van der Waals surface area contributed by atoms with E-state index in [0.717, 1.165) is 64.5 Å². The predicted molar refractivity (Wildman–Crippen MR) is 326 cm³/mol. The van der Waals surface area contributed by atoms with Crippen LogP contribution in [0.1, 0.15) is 95.9 Å². The number of Topliss-reactive ketones (excluding diaryl/α,β-unsaturated/α-hetero) is 1. The summed E-state index contributed by atoms with van der Waals surface area (Å²) in [5, 5.41) is 38.3. The number of methoxy groups -OCH3 is 1. The number of hydrogen-bond donors (Lipinski definition) is 4. The molecule has 5 aromatic rings. The summed E-state index contributed by atoms with van der Waals surface area (Å²) < 4.78 is 39.5. The first-order valence-corrected chi connectivity index (χ1v) is 30.0. The summed E-state index contributed by atoms with van der Waals surface area (Å²) in [4.78, 5) is 88.3. The molecule has 1 amide bonds. The zero-order chi connectivity index (χ0) is 61.9. The van der Waals surface area contributed by atoms with Crippen LogP contribution in [0.5, 0.6) is 17.2 Å². The standard InChI is InChI=1S/C64H84N8O14/c1-36(2)33-69-25-27-71(28-26-69)44-31-46(82-29-13-12-19-68-21-23-70(24-22-68)34-48(74)72-20-18-65-35-72)52-47(32-44)85-61-53(66-52)49-50-57(77)42(8)60-51(49)62(79)64(10,86-60)83-30-17-45(81-11)39(5)59(84-43(9)73)41(7)56(76)40(6)55(75)37(3)15-14-16-38(4)63(80)67-54(61)58(50)78/h14-18,20,30-32,35-37,39-41,45,55-56,59,75-76,78H,12-13,19,21-29,33-34H2,1-11H3,(H,67,80)/b15-14+,30-17+,38-16-/t37-,39+,40+,41+,45-,55-,56+,59+,64-/m0/s1. The molecule has 86 heavy (non-hydrogen) atoms. The van der Waals surface area contributed by atoms with E-state index >= 15 is 4.79 Å². The molecule has 0 saturated carbocycles. The summed E-state index contributed by atoms with van der Waals surface area (Å²) in [6.07, 6.45) is 9.86. The lowest BCUT2D eigenvalue weighted by atomic mass is 9.78. The molecule has 3 aromatic carbocycles. The Bertz CT molecular complexity index is 3470. The number of unbranched alkanes of at least 4 members (excludes halogenated alkanes) is 1. The number of amides is 1.